The van der Waals surface area contributed by atoms with Crippen molar-refractivity contribution in [3.05, 3.63) is 35.5 Å². The fourth-order valence-corrected chi connectivity index (χ4v) is 3.07. The zero-order chi connectivity index (χ0) is 14.1. The van der Waals surface area contributed by atoms with Gasteiger partial charge in [0.15, 0.2) is 5.82 Å². The highest BCUT2D eigenvalue weighted by Crippen LogP contribution is 2.34. The maximum atomic E-state index is 13.4. The highest BCUT2D eigenvalue weighted by molar-refractivity contribution is 5.76. The van der Waals surface area contributed by atoms with Crippen molar-refractivity contribution < 1.29 is 8.78 Å². The molecule has 1 aliphatic carbocycles. The predicted octanol–water partition coefficient (Wildman–Crippen LogP) is 3.67. The van der Waals surface area contributed by atoms with Gasteiger partial charge in [-0.1, -0.05) is 25.7 Å². The van der Waals surface area contributed by atoms with Crippen molar-refractivity contribution in [1.82, 2.24) is 10.2 Å². The van der Waals surface area contributed by atoms with Crippen LogP contribution in [0.4, 0.5) is 14.6 Å². The lowest BCUT2D eigenvalue weighted by Crippen LogP contribution is -2.01. The van der Waals surface area contributed by atoms with Crippen LogP contribution in [0.1, 0.15) is 31.4 Å². The molecule has 1 heterocycles. The summed E-state index contributed by atoms with van der Waals surface area (Å²) in [7, 11) is 0. The molecule has 0 bridgehead atoms. The third kappa shape index (κ3) is 2.53. The third-order valence-corrected chi connectivity index (χ3v) is 3.99. The van der Waals surface area contributed by atoms with Crippen molar-refractivity contribution in [3.8, 4) is 11.1 Å². The molecule has 1 fully saturated rings. The third-order valence-electron chi connectivity index (χ3n) is 3.99. The van der Waals surface area contributed by atoms with Gasteiger partial charge in [-0.3, -0.25) is 5.10 Å². The van der Waals surface area contributed by atoms with Crippen molar-refractivity contribution in [1.29, 1.82) is 0 Å². The molecular formula is C15H17F2N3. The maximum absolute atomic E-state index is 13.4. The molecule has 0 spiro atoms. The van der Waals surface area contributed by atoms with Crippen LogP contribution in [0.2, 0.25) is 0 Å². The molecule has 2 aromatic rings. The summed E-state index contributed by atoms with van der Waals surface area (Å²) in [5.74, 6) is -0.310. The molecule has 20 heavy (non-hydrogen) atoms. The highest BCUT2D eigenvalue weighted by atomic mass is 19.1. The number of benzene rings is 1. The molecule has 3 N–H and O–H groups in total. The van der Waals surface area contributed by atoms with E-state index in [0.29, 0.717) is 22.9 Å². The Hall–Kier alpha value is -1.91. The second kappa shape index (κ2) is 5.23. The smallest absolute Gasteiger partial charge is 0.153 e. The zero-order valence-corrected chi connectivity index (χ0v) is 11.1. The van der Waals surface area contributed by atoms with Gasteiger partial charge in [-0.2, -0.15) is 5.10 Å². The number of anilines is 1. The molecule has 0 aliphatic heterocycles. The Morgan fingerprint density at radius 2 is 1.80 bits per heavy atom. The Balaban J connectivity index is 1.97. The van der Waals surface area contributed by atoms with Crippen LogP contribution in [0.5, 0.6) is 0 Å². The number of H-pyrrole nitrogens is 1. The Bertz CT molecular complexity index is 595. The standard InChI is InChI=1S/C15H17F2N3/c16-11-6-10(7-12(17)8-11)14-13(19-20-15(14)18)5-9-3-1-2-4-9/h6-9H,1-5H2,(H3,18,19,20). The van der Waals surface area contributed by atoms with Gasteiger partial charge in [0.25, 0.3) is 0 Å². The Kier molecular flexibility index (Phi) is 3.42. The van der Waals surface area contributed by atoms with Crippen LogP contribution in [-0.2, 0) is 6.42 Å². The summed E-state index contributed by atoms with van der Waals surface area (Å²) >= 11 is 0. The molecule has 1 aliphatic rings. The summed E-state index contributed by atoms with van der Waals surface area (Å²) < 4.78 is 26.8. The molecule has 106 valence electrons. The fourth-order valence-electron chi connectivity index (χ4n) is 3.07. The first-order valence-electron chi connectivity index (χ1n) is 6.92. The number of nitrogen functional groups attached to an aromatic ring is 1. The van der Waals surface area contributed by atoms with Crippen LogP contribution in [0.15, 0.2) is 18.2 Å². The molecule has 0 amide bonds. The van der Waals surface area contributed by atoms with E-state index in [1.807, 2.05) is 0 Å². The monoisotopic (exact) mass is 277 g/mol. The van der Waals surface area contributed by atoms with Gasteiger partial charge in [-0.15, -0.1) is 0 Å². The van der Waals surface area contributed by atoms with Crippen molar-refractivity contribution in [2.75, 3.05) is 5.73 Å². The molecular weight excluding hydrogens is 260 g/mol. The van der Waals surface area contributed by atoms with Gasteiger partial charge < -0.3 is 5.73 Å². The number of nitrogens with one attached hydrogen (secondary N) is 1. The fraction of sp³-hybridized carbons (Fsp3) is 0.400. The van der Waals surface area contributed by atoms with Gasteiger partial charge >= 0.3 is 0 Å². The minimum atomic E-state index is -0.604. The number of hydrogen-bond acceptors (Lipinski definition) is 2. The number of halogens is 2. The normalized spacial score (nSPS) is 15.9. The van der Waals surface area contributed by atoms with E-state index in [1.165, 1.54) is 37.8 Å². The summed E-state index contributed by atoms with van der Waals surface area (Å²) in [6.07, 6.45) is 5.71. The van der Waals surface area contributed by atoms with Crippen LogP contribution >= 0.6 is 0 Å². The number of nitrogens with two attached hydrogens (primary N) is 1. The highest BCUT2D eigenvalue weighted by Gasteiger charge is 2.21. The number of hydrogen-bond donors (Lipinski definition) is 2. The first kappa shape index (κ1) is 13.1. The van der Waals surface area contributed by atoms with Crippen LogP contribution in [0.25, 0.3) is 11.1 Å². The molecule has 1 aromatic carbocycles. The maximum Gasteiger partial charge on any atom is 0.153 e. The van der Waals surface area contributed by atoms with Crippen LogP contribution < -0.4 is 5.73 Å². The lowest BCUT2D eigenvalue weighted by Gasteiger charge is -2.10. The van der Waals surface area contributed by atoms with E-state index < -0.39 is 11.6 Å². The van der Waals surface area contributed by atoms with Gasteiger partial charge in [0.1, 0.15) is 11.6 Å². The first-order valence-corrected chi connectivity index (χ1v) is 6.92. The summed E-state index contributed by atoms with van der Waals surface area (Å²) in [5.41, 5.74) is 7.82. The van der Waals surface area contributed by atoms with Gasteiger partial charge in [0, 0.05) is 17.3 Å². The summed E-state index contributed by atoms with van der Waals surface area (Å²) in [5, 5.41) is 6.92. The van der Waals surface area contributed by atoms with Crippen LogP contribution in [0.3, 0.4) is 0 Å². The van der Waals surface area contributed by atoms with E-state index in [2.05, 4.69) is 10.2 Å². The van der Waals surface area contributed by atoms with E-state index in [4.69, 9.17) is 5.73 Å². The molecule has 0 radical (unpaired) electrons. The Morgan fingerprint density at radius 1 is 1.15 bits per heavy atom. The molecule has 5 heteroatoms. The molecule has 3 nitrogen and oxygen atoms in total. The first-order chi connectivity index (χ1) is 9.63. The molecule has 1 aromatic heterocycles. The quantitative estimate of drug-likeness (QED) is 0.899. The zero-order valence-electron chi connectivity index (χ0n) is 11.1. The topological polar surface area (TPSA) is 54.7 Å². The summed E-state index contributed by atoms with van der Waals surface area (Å²) in [6.45, 7) is 0. The number of nitrogens with zero attached hydrogens (tertiary/aromatic N) is 1. The van der Waals surface area contributed by atoms with Gasteiger partial charge in [-0.25, -0.2) is 8.78 Å². The summed E-state index contributed by atoms with van der Waals surface area (Å²) in [4.78, 5) is 0. The van der Waals surface area contributed by atoms with E-state index >= 15 is 0 Å². The van der Waals surface area contributed by atoms with Crippen molar-refractivity contribution >= 4 is 5.82 Å². The number of aromatic nitrogens is 2. The SMILES string of the molecule is Nc1n[nH]c(CC2CCCC2)c1-c1cc(F)cc(F)c1. The van der Waals surface area contributed by atoms with Gasteiger partial charge in [0.05, 0.1) is 0 Å². The Morgan fingerprint density at radius 3 is 2.45 bits per heavy atom. The second-order valence-electron chi connectivity index (χ2n) is 5.48. The molecule has 3 rings (SSSR count). The molecule has 0 saturated heterocycles. The van der Waals surface area contributed by atoms with E-state index in [0.717, 1.165) is 18.2 Å². The van der Waals surface area contributed by atoms with Crippen molar-refractivity contribution in [2.24, 2.45) is 5.92 Å². The van der Waals surface area contributed by atoms with Crippen LogP contribution in [0, 0.1) is 17.6 Å². The van der Waals surface area contributed by atoms with Crippen molar-refractivity contribution in [3.63, 3.8) is 0 Å². The number of aromatic amines is 1. The molecule has 0 atom stereocenters. The summed E-state index contributed by atoms with van der Waals surface area (Å²) in [6, 6.07) is 3.45. The molecule has 1 saturated carbocycles. The Labute approximate surface area is 116 Å². The second-order valence-corrected chi connectivity index (χ2v) is 5.48. The van der Waals surface area contributed by atoms with Gasteiger partial charge in [-0.05, 0) is 30.0 Å². The van der Waals surface area contributed by atoms with Gasteiger partial charge in [0.2, 0.25) is 0 Å². The van der Waals surface area contributed by atoms with E-state index in [9.17, 15) is 8.78 Å². The minimum Gasteiger partial charge on any atom is -0.382 e. The average Bonchev–Trinajstić information content (AvgIpc) is 2.99. The molecule has 0 unspecified atom stereocenters. The van der Waals surface area contributed by atoms with E-state index in [-0.39, 0.29) is 0 Å². The lowest BCUT2D eigenvalue weighted by molar-refractivity contribution is 0.539. The van der Waals surface area contributed by atoms with Crippen LogP contribution in [-0.4, -0.2) is 10.2 Å². The predicted molar refractivity (Wildman–Crippen MR) is 74.0 cm³/mol. The van der Waals surface area contributed by atoms with E-state index in [1.54, 1.807) is 0 Å². The number of rotatable bonds is 3. The average molecular weight is 277 g/mol. The lowest BCUT2D eigenvalue weighted by atomic mass is 9.96. The van der Waals surface area contributed by atoms with Crippen molar-refractivity contribution in [2.45, 2.75) is 32.1 Å². The minimum absolute atomic E-state index is 0.294. The largest absolute Gasteiger partial charge is 0.382 e.